The van der Waals surface area contributed by atoms with Crippen molar-refractivity contribution in [2.45, 2.75) is 18.3 Å². The molecule has 4 rings (SSSR count). The molecule has 0 radical (unpaired) electrons. The Labute approximate surface area is 165 Å². The molecule has 1 spiro atoms. The topological polar surface area (TPSA) is 67.3 Å². The first-order chi connectivity index (χ1) is 13.6. The second-order valence-electron chi connectivity index (χ2n) is 7.22. The standard InChI is InChI=1S/C22H24N4O2/c1-3-16-5-6-19-18(13-16)22(21(27)25-19)7-9-26(10-8-22)11-12-28-17-14-23-20(4-2)24-15-17/h3-6,13-15H,1-2,7-12H2,(H,25,27). The number of rotatable bonds is 6. The molecule has 0 atom stereocenters. The molecular formula is C22H24N4O2. The lowest BCUT2D eigenvalue weighted by molar-refractivity contribution is -0.122. The fourth-order valence-corrected chi connectivity index (χ4v) is 4.01. The summed E-state index contributed by atoms with van der Waals surface area (Å²) in [5, 5.41) is 3.06. The Morgan fingerprint density at radius 1 is 1.18 bits per heavy atom. The maximum Gasteiger partial charge on any atom is 0.235 e. The third kappa shape index (κ3) is 3.31. The number of benzene rings is 1. The van der Waals surface area contributed by atoms with Crippen LogP contribution in [-0.4, -0.2) is 47.0 Å². The number of piperidine rings is 1. The van der Waals surface area contributed by atoms with Gasteiger partial charge in [0.15, 0.2) is 11.6 Å². The van der Waals surface area contributed by atoms with Crippen LogP contribution in [0.4, 0.5) is 5.69 Å². The summed E-state index contributed by atoms with van der Waals surface area (Å²) in [6, 6.07) is 6.08. The van der Waals surface area contributed by atoms with Crippen LogP contribution < -0.4 is 10.1 Å². The second kappa shape index (κ2) is 7.56. The summed E-state index contributed by atoms with van der Waals surface area (Å²) in [4.78, 5) is 23.4. The van der Waals surface area contributed by atoms with E-state index in [0.717, 1.165) is 49.3 Å². The van der Waals surface area contributed by atoms with Crippen molar-refractivity contribution in [3.05, 3.63) is 60.7 Å². The lowest BCUT2D eigenvalue weighted by Gasteiger charge is -2.38. The van der Waals surface area contributed by atoms with Crippen LogP contribution in [0.15, 0.2) is 43.8 Å². The summed E-state index contributed by atoms with van der Waals surface area (Å²) < 4.78 is 5.74. The van der Waals surface area contributed by atoms with E-state index < -0.39 is 5.41 Å². The third-order valence-electron chi connectivity index (χ3n) is 5.69. The van der Waals surface area contributed by atoms with Gasteiger partial charge >= 0.3 is 0 Å². The zero-order valence-electron chi connectivity index (χ0n) is 15.9. The Kier molecular flexibility index (Phi) is 4.96. The van der Waals surface area contributed by atoms with Gasteiger partial charge in [0.05, 0.1) is 17.8 Å². The second-order valence-corrected chi connectivity index (χ2v) is 7.22. The van der Waals surface area contributed by atoms with Gasteiger partial charge < -0.3 is 10.1 Å². The number of ether oxygens (including phenoxy) is 1. The van der Waals surface area contributed by atoms with Crippen molar-refractivity contribution < 1.29 is 9.53 Å². The van der Waals surface area contributed by atoms with E-state index in [1.54, 1.807) is 18.5 Å². The number of carbonyl (C=O) groups is 1. The number of nitrogens with zero attached hydrogens (tertiary/aromatic N) is 3. The fourth-order valence-electron chi connectivity index (χ4n) is 4.01. The van der Waals surface area contributed by atoms with Crippen LogP contribution in [0.3, 0.4) is 0 Å². The molecule has 6 nitrogen and oxygen atoms in total. The predicted molar refractivity (Wildman–Crippen MR) is 110 cm³/mol. The van der Waals surface area contributed by atoms with E-state index in [-0.39, 0.29) is 5.91 Å². The smallest absolute Gasteiger partial charge is 0.235 e. The summed E-state index contributed by atoms with van der Waals surface area (Å²) in [7, 11) is 0. The van der Waals surface area contributed by atoms with E-state index in [1.165, 1.54) is 0 Å². The van der Waals surface area contributed by atoms with Crippen LogP contribution in [0.2, 0.25) is 0 Å². The molecule has 6 heteroatoms. The molecule has 0 unspecified atom stereocenters. The number of likely N-dealkylation sites (tertiary alicyclic amines) is 1. The number of hydrogen-bond donors (Lipinski definition) is 1. The molecule has 28 heavy (non-hydrogen) atoms. The zero-order valence-corrected chi connectivity index (χ0v) is 15.9. The summed E-state index contributed by atoms with van der Waals surface area (Å²) in [6.07, 6.45) is 8.36. The van der Waals surface area contributed by atoms with Crippen LogP contribution in [0.25, 0.3) is 12.2 Å². The molecule has 1 aromatic heterocycles. The number of amides is 1. The van der Waals surface area contributed by atoms with Crippen LogP contribution in [-0.2, 0) is 10.2 Å². The highest BCUT2D eigenvalue weighted by molar-refractivity contribution is 6.06. The number of carbonyl (C=O) groups excluding carboxylic acids is 1. The maximum absolute atomic E-state index is 12.8. The van der Waals surface area contributed by atoms with Crippen LogP contribution in [0.5, 0.6) is 5.75 Å². The Bertz CT molecular complexity index is 899. The number of fused-ring (bicyclic) bond motifs is 2. The van der Waals surface area contributed by atoms with E-state index in [2.05, 4.69) is 39.4 Å². The molecule has 0 aliphatic carbocycles. The molecule has 2 aliphatic heterocycles. The SMILES string of the molecule is C=Cc1ccc2c(c1)C1(CCN(CCOc3cnc(C=C)nc3)CC1)C(=O)N2. The molecule has 1 amide bonds. The van der Waals surface area contributed by atoms with Gasteiger partial charge in [-0.15, -0.1) is 0 Å². The highest BCUT2D eigenvalue weighted by Crippen LogP contribution is 2.45. The van der Waals surface area contributed by atoms with Gasteiger partial charge in [-0.25, -0.2) is 9.97 Å². The lowest BCUT2D eigenvalue weighted by atomic mass is 9.73. The normalized spacial score (nSPS) is 17.8. The van der Waals surface area contributed by atoms with Gasteiger partial charge in [0.2, 0.25) is 5.91 Å². The van der Waals surface area contributed by atoms with E-state index in [0.29, 0.717) is 18.2 Å². The highest BCUT2D eigenvalue weighted by Gasteiger charge is 2.48. The summed E-state index contributed by atoms with van der Waals surface area (Å²) >= 11 is 0. The van der Waals surface area contributed by atoms with Crippen molar-refractivity contribution in [2.75, 3.05) is 31.6 Å². The van der Waals surface area contributed by atoms with Crippen molar-refractivity contribution in [3.8, 4) is 5.75 Å². The summed E-state index contributed by atoms with van der Waals surface area (Å²) in [5.74, 6) is 1.36. The Balaban J connectivity index is 1.35. The van der Waals surface area contributed by atoms with E-state index >= 15 is 0 Å². The molecule has 1 N–H and O–H groups in total. The Hall–Kier alpha value is -2.99. The Morgan fingerprint density at radius 2 is 1.93 bits per heavy atom. The quantitative estimate of drug-likeness (QED) is 0.839. The average Bonchev–Trinajstić information content (AvgIpc) is 3.00. The van der Waals surface area contributed by atoms with Crippen molar-refractivity contribution in [1.29, 1.82) is 0 Å². The molecule has 1 aromatic carbocycles. The van der Waals surface area contributed by atoms with Crippen molar-refractivity contribution in [3.63, 3.8) is 0 Å². The third-order valence-corrected chi connectivity index (χ3v) is 5.69. The van der Waals surface area contributed by atoms with Crippen molar-refractivity contribution in [1.82, 2.24) is 14.9 Å². The number of hydrogen-bond acceptors (Lipinski definition) is 5. The van der Waals surface area contributed by atoms with E-state index in [4.69, 9.17) is 4.74 Å². The molecule has 0 saturated carbocycles. The van der Waals surface area contributed by atoms with Crippen LogP contribution in [0, 0.1) is 0 Å². The van der Waals surface area contributed by atoms with Gasteiger partial charge in [0.25, 0.3) is 0 Å². The molecule has 2 aliphatic rings. The fraction of sp³-hybridized carbons (Fsp3) is 0.318. The number of nitrogens with one attached hydrogen (secondary N) is 1. The first kappa shape index (κ1) is 18.4. The molecule has 2 aromatic rings. The van der Waals surface area contributed by atoms with Gasteiger partial charge in [-0.2, -0.15) is 0 Å². The predicted octanol–water partition coefficient (Wildman–Crippen LogP) is 3.13. The Morgan fingerprint density at radius 3 is 2.61 bits per heavy atom. The summed E-state index contributed by atoms with van der Waals surface area (Å²) in [6.45, 7) is 10.6. The van der Waals surface area contributed by atoms with Gasteiger partial charge in [-0.3, -0.25) is 9.69 Å². The largest absolute Gasteiger partial charge is 0.489 e. The molecule has 3 heterocycles. The average molecular weight is 376 g/mol. The van der Waals surface area contributed by atoms with Crippen LogP contribution in [0.1, 0.15) is 29.8 Å². The van der Waals surface area contributed by atoms with Gasteiger partial charge in [0, 0.05) is 12.2 Å². The molecule has 144 valence electrons. The lowest BCUT2D eigenvalue weighted by Crippen LogP contribution is -2.47. The van der Waals surface area contributed by atoms with Crippen LogP contribution >= 0.6 is 0 Å². The minimum atomic E-state index is -0.417. The van der Waals surface area contributed by atoms with Gasteiger partial charge in [0.1, 0.15) is 6.61 Å². The number of aromatic nitrogens is 2. The van der Waals surface area contributed by atoms with E-state index in [9.17, 15) is 4.79 Å². The minimum Gasteiger partial charge on any atom is -0.489 e. The monoisotopic (exact) mass is 376 g/mol. The first-order valence-corrected chi connectivity index (χ1v) is 9.53. The zero-order chi connectivity index (χ0) is 19.6. The molecule has 1 fully saturated rings. The first-order valence-electron chi connectivity index (χ1n) is 9.53. The van der Waals surface area contributed by atoms with Gasteiger partial charge in [-0.1, -0.05) is 25.3 Å². The maximum atomic E-state index is 12.8. The minimum absolute atomic E-state index is 0.124. The highest BCUT2D eigenvalue weighted by atomic mass is 16.5. The van der Waals surface area contributed by atoms with E-state index in [1.807, 2.05) is 18.2 Å². The molecular weight excluding hydrogens is 352 g/mol. The van der Waals surface area contributed by atoms with Crippen molar-refractivity contribution >= 4 is 23.7 Å². The molecule has 1 saturated heterocycles. The van der Waals surface area contributed by atoms with Crippen molar-refractivity contribution in [2.24, 2.45) is 0 Å². The number of anilines is 1. The van der Waals surface area contributed by atoms with Gasteiger partial charge in [-0.05, 0) is 55.3 Å². The molecule has 0 bridgehead atoms. The summed E-state index contributed by atoms with van der Waals surface area (Å²) in [5.41, 5.74) is 2.69.